The Morgan fingerprint density at radius 1 is 0.955 bits per heavy atom. The van der Waals surface area contributed by atoms with Gasteiger partial charge in [0.1, 0.15) is 0 Å². The number of H-pyrrole nitrogens is 1. The number of nitrogens with one attached hydrogen (secondary N) is 1. The van der Waals surface area contributed by atoms with Gasteiger partial charge in [0.05, 0.1) is 5.56 Å². The summed E-state index contributed by atoms with van der Waals surface area (Å²) in [5.74, 6) is -3.75. The summed E-state index contributed by atoms with van der Waals surface area (Å²) < 4.78 is 40.0. The second-order valence-corrected chi connectivity index (χ2v) is 4.63. The van der Waals surface area contributed by atoms with Crippen molar-refractivity contribution in [2.75, 3.05) is 0 Å². The van der Waals surface area contributed by atoms with Gasteiger partial charge in [0.2, 0.25) is 0 Å². The van der Waals surface area contributed by atoms with Gasteiger partial charge in [-0.2, -0.15) is 5.10 Å². The van der Waals surface area contributed by atoms with E-state index in [-0.39, 0.29) is 11.4 Å². The molecule has 0 spiro atoms. The number of benzene rings is 2. The summed E-state index contributed by atoms with van der Waals surface area (Å²) in [5, 5.41) is 6.48. The van der Waals surface area contributed by atoms with Crippen LogP contribution in [0.2, 0.25) is 0 Å². The van der Waals surface area contributed by atoms with Gasteiger partial charge < -0.3 is 5.73 Å². The highest BCUT2D eigenvalue weighted by atomic mass is 19.2. The maximum absolute atomic E-state index is 13.7. The van der Waals surface area contributed by atoms with Crippen molar-refractivity contribution in [3.63, 3.8) is 0 Å². The van der Waals surface area contributed by atoms with Gasteiger partial charge in [-0.3, -0.25) is 5.10 Å². The van der Waals surface area contributed by atoms with Crippen molar-refractivity contribution in [3.8, 4) is 22.8 Å². The Kier molecular flexibility index (Phi) is 3.64. The summed E-state index contributed by atoms with van der Waals surface area (Å²) in [6.45, 7) is 0.416. The minimum atomic E-state index is -1.54. The molecule has 0 radical (unpaired) electrons. The molecule has 0 fully saturated rings. The van der Waals surface area contributed by atoms with E-state index < -0.39 is 17.5 Å². The Hall–Kier alpha value is -2.67. The van der Waals surface area contributed by atoms with Gasteiger partial charge in [-0.05, 0) is 17.7 Å². The van der Waals surface area contributed by atoms with Crippen molar-refractivity contribution >= 4 is 0 Å². The number of aromatic amines is 1. The fourth-order valence-electron chi connectivity index (χ4n) is 2.01. The van der Waals surface area contributed by atoms with Crippen molar-refractivity contribution in [2.45, 2.75) is 6.54 Å². The topological polar surface area (TPSA) is 67.6 Å². The fourth-order valence-corrected chi connectivity index (χ4v) is 2.01. The highest BCUT2D eigenvalue weighted by molar-refractivity contribution is 5.61. The molecule has 3 rings (SSSR count). The third-order valence-electron chi connectivity index (χ3n) is 3.22. The lowest BCUT2D eigenvalue weighted by molar-refractivity contribution is 0.448. The fraction of sp³-hybridized carbons (Fsp3) is 0.0667. The zero-order chi connectivity index (χ0) is 15.7. The van der Waals surface area contributed by atoms with E-state index in [1.807, 2.05) is 12.1 Å². The Morgan fingerprint density at radius 3 is 2.36 bits per heavy atom. The van der Waals surface area contributed by atoms with Crippen molar-refractivity contribution in [3.05, 3.63) is 59.4 Å². The predicted octanol–water partition coefficient (Wildman–Crippen LogP) is 3.01. The molecular formula is C15H11F3N4. The van der Waals surface area contributed by atoms with E-state index in [9.17, 15) is 13.2 Å². The molecule has 1 aromatic heterocycles. The molecule has 22 heavy (non-hydrogen) atoms. The Morgan fingerprint density at radius 2 is 1.68 bits per heavy atom. The van der Waals surface area contributed by atoms with Crippen LogP contribution >= 0.6 is 0 Å². The molecule has 3 aromatic rings. The van der Waals surface area contributed by atoms with E-state index in [1.54, 1.807) is 12.1 Å². The first kappa shape index (κ1) is 14.3. The molecule has 4 nitrogen and oxygen atoms in total. The second-order valence-electron chi connectivity index (χ2n) is 4.63. The molecule has 0 saturated heterocycles. The molecule has 0 aliphatic heterocycles. The number of aromatic nitrogens is 3. The molecule has 7 heteroatoms. The molecule has 3 N–H and O–H groups in total. The molecule has 112 valence electrons. The standard InChI is InChI=1S/C15H11F3N4/c16-11-6-5-10(12(17)13(11)18)15-20-14(21-22-15)9-3-1-8(7-19)2-4-9/h1-6H,7,19H2,(H,20,21,22). The van der Waals surface area contributed by atoms with Crippen LogP contribution in [0.15, 0.2) is 36.4 Å². The van der Waals surface area contributed by atoms with Gasteiger partial charge in [-0.25, -0.2) is 18.2 Å². The van der Waals surface area contributed by atoms with Gasteiger partial charge in [0, 0.05) is 12.1 Å². The van der Waals surface area contributed by atoms with Crippen molar-refractivity contribution in [1.29, 1.82) is 0 Å². The number of rotatable bonds is 3. The average molecular weight is 304 g/mol. The zero-order valence-electron chi connectivity index (χ0n) is 11.3. The SMILES string of the molecule is NCc1ccc(-c2n[nH]c(-c3ccc(F)c(F)c3F)n2)cc1. The minimum Gasteiger partial charge on any atom is -0.326 e. The van der Waals surface area contributed by atoms with E-state index in [1.165, 1.54) is 0 Å². The van der Waals surface area contributed by atoms with Crippen LogP contribution < -0.4 is 5.73 Å². The summed E-state index contributed by atoms with van der Waals surface area (Å²) in [6.07, 6.45) is 0. The summed E-state index contributed by atoms with van der Waals surface area (Å²) in [4.78, 5) is 4.11. The Balaban J connectivity index is 1.98. The summed E-state index contributed by atoms with van der Waals surface area (Å²) in [6, 6.07) is 9.14. The van der Waals surface area contributed by atoms with E-state index in [0.717, 1.165) is 17.7 Å². The van der Waals surface area contributed by atoms with Crippen LogP contribution in [0.1, 0.15) is 5.56 Å². The minimum absolute atomic E-state index is 0.0225. The smallest absolute Gasteiger partial charge is 0.195 e. The number of halogens is 3. The van der Waals surface area contributed by atoms with E-state index in [0.29, 0.717) is 17.9 Å². The van der Waals surface area contributed by atoms with Crippen LogP contribution in [0.4, 0.5) is 13.2 Å². The van der Waals surface area contributed by atoms with Crippen molar-refractivity contribution in [1.82, 2.24) is 15.2 Å². The van der Waals surface area contributed by atoms with Crippen LogP contribution in [-0.2, 0) is 6.54 Å². The maximum atomic E-state index is 13.7. The highest BCUT2D eigenvalue weighted by Gasteiger charge is 2.17. The summed E-state index contributed by atoms with van der Waals surface area (Å²) in [5.41, 5.74) is 6.98. The molecule has 0 aliphatic rings. The van der Waals surface area contributed by atoms with Crippen LogP contribution in [-0.4, -0.2) is 15.2 Å². The van der Waals surface area contributed by atoms with Gasteiger partial charge >= 0.3 is 0 Å². The number of nitrogens with zero attached hydrogens (tertiary/aromatic N) is 2. The van der Waals surface area contributed by atoms with Crippen LogP contribution in [0.25, 0.3) is 22.8 Å². The predicted molar refractivity (Wildman–Crippen MR) is 75.0 cm³/mol. The molecule has 0 bridgehead atoms. The van der Waals surface area contributed by atoms with Gasteiger partial charge in [0.15, 0.2) is 29.1 Å². The first-order valence-electron chi connectivity index (χ1n) is 6.46. The second kappa shape index (κ2) is 5.61. The van der Waals surface area contributed by atoms with E-state index >= 15 is 0 Å². The van der Waals surface area contributed by atoms with Crippen molar-refractivity contribution in [2.24, 2.45) is 5.73 Å². The molecule has 0 saturated carbocycles. The van der Waals surface area contributed by atoms with E-state index in [2.05, 4.69) is 15.2 Å². The molecule has 0 unspecified atom stereocenters. The number of nitrogens with two attached hydrogens (primary N) is 1. The lowest BCUT2D eigenvalue weighted by Crippen LogP contribution is -1.95. The third kappa shape index (κ3) is 2.46. The van der Waals surface area contributed by atoms with Gasteiger partial charge in [0.25, 0.3) is 0 Å². The summed E-state index contributed by atoms with van der Waals surface area (Å²) in [7, 11) is 0. The largest absolute Gasteiger partial charge is 0.326 e. The Labute approximate surface area is 123 Å². The summed E-state index contributed by atoms with van der Waals surface area (Å²) >= 11 is 0. The first-order valence-corrected chi connectivity index (χ1v) is 6.46. The normalized spacial score (nSPS) is 10.9. The first-order chi connectivity index (χ1) is 10.6. The maximum Gasteiger partial charge on any atom is 0.195 e. The van der Waals surface area contributed by atoms with Crippen LogP contribution in [0, 0.1) is 17.5 Å². The van der Waals surface area contributed by atoms with Gasteiger partial charge in [-0.1, -0.05) is 24.3 Å². The monoisotopic (exact) mass is 304 g/mol. The molecule has 2 aromatic carbocycles. The Bertz CT molecular complexity index is 812. The molecule has 0 atom stereocenters. The molecule has 0 amide bonds. The van der Waals surface area contributed by atoms with Crippen LogP contribution in [0.3, 0.4) is 0 Å². The van der Waals surface area contributed by atoms with Crippen LogP contribution in [0.5, 0.6) is 0 Å². The average Bonchev–Trinajstić information content (AvgIpc) is 3.02. The van der Waals surface area contributed by atoms with Crippen molar-refractivity contribution < 1.29 is 13.2 Å². The lowest BCUT2D eigenvalue weighted by atomic mass is 10.1. The van der Waals surface area contributed by atoms with Gasteiger partial charge in [-0.15, -0.1) is 0 Å². The number of hydrogen-bond acceptors (Lipinski definition) is 3. The lowest BCUT2D eigenvalue weighted by Gasteiger charge is -2.00. The molecular weight excluding hydrogens is 293 g/mol. The quantitative estimate of drug-likeness (QED) is 0.731. The molecule has 1 heterocycles. The highest BCUT2D eigenvalue weighted by Crippen LogP contribution is 2.25. The van der Waals surface area contributed by atoms with E-state index in [4.69, 9.17) is 5.73 Å². The number of hydrogen-bond donors (Lipinski definition) is 2. The zero-order valence-corrected chi connectivity index (χ0v) is 11.3. The molecule has 0 aliphatic carbocycles. The third-order valence-corrected chi connectivity index (χ3v) is 3.22.